The molecule has 0 radical (unpaired) electrons. The minimum absolute atomic E-state index is 0.351. The minimum atomic E-state index is -3.17. The van der Waals surface area contributed by atoms with Crippen LogP contribution in [0, 0.1) is 0 Å². The van der Waals surface area contributed by atoms with E-state index in [9.17, 15) is 8.42 Å². The predicted octanol–water partition coefficient (Wildman–Crippen LogP) is 4.83. The van der Waals surface area contributed by atoms with Gasteiger partial charge >= 0.3 is 0 Å². The molecule has 0 bridgehead atoms. The average Bonchev–Trinajstić information content (AvgIpc) is 2.58. The number of hydrogen-bond acceptors (Lipinski definition) is 3. The molecule has 2 aromatic rings. The van der Waals surface area contributed by atoms with E-state index in [1.165, 1.54) is 17.4 Å². The van der Waals surface area contributed by atoms with Crippen LogP contribution in [0.4, 0.5) is 0 Å². The smallest absolute Gasteiger partial charge is 0.175 e. The van der Waals surface area contributed by atoms with Crippen LogP contribution in [0.1, 0.15) is 37.8 Å². The van der Waals surface area contributed by atoms with Crippen molar-refractivity contribution in [1.82, 2.24) is 0 Å². The van der Waals surface area contributed by atoms with Gasteiger partial charge in [0.15, 0.2) is 9.84 Å². The van der Waals surface area contributed by atoms with Crippen molar-refractivity contribution in [3.63, 3.8) is 0 Å². The summed E-state index contributed by atoms with van der Waals surface area (Å²) in [6, 6.07) is 15.2. The second-order valence-electron chi connectivity index (χ2n) is 5.88. The lowest BCUT2D eigenvalue weighted by molar-refractivity contribution is 0.415. The van der Waals surface area contributed by atoms with Crippen molar-refractivity contribution in [2.75, 3.05) is 13.4 Å². The third-order valence-electron chi connectivity index (χ3n) is 4.11. The van der Waals surface area contributed by atoms with E-state index in [0.29, 0.717) is 4.90 Å². The molecular formula is C20H24O3S. The molecule has 0 aliphatic carbocycles. The van der Waals surface area contributed by atoms with Crippen molar-refractivity contribution in [3.05, 3.63) is 59.7 Å². The summed E-state index contributed by atoms with van der Waals surface area (Å²) in [6.07, 6.45) is 3.19. The average molecular weight is 344 g/mol. The fourth-order valence-electron chi connectivity index (χ4n) is 2.72. The lowest BCUT2D eigenvalue weighted by atomic mass is 9.92. The fraction of sp³-hybridized carbons (Fsp3) is 0.300. The SMILES string of the molecule is CCC/C(=C(\C)c1ccc(OC)cc1)c1ccc(S(C)(=O)=O)cc1. The Morgan fingerprint density at radius 2 is 1.50 bits per heavy atom. The topological polar surface area (TPSA) is 43.4 Å². The van der Waals surface area contributed by atoms with Crippen LogP contribution in [0.2, 0.25) is 0 Å². The van der Waals surface area contributed by atoms with Gasteiger partial charge in [0.05, 0.1) is 12.0 Å². The van der Waals surface area contributed by atoms with Crippen LogP contribution in [0.5, 0.6) is 5.75 Å². The first-order valence-electron chi connectivity index (χ1n) is 8.01. The summed E-state index contributed by atoms with van der Waals surface area (Å²) in [6.45, 7) is 4.25. The summed E-state index contributed by atoms with van der Waals surface area (Å²) in [5.41, 5.74) is 4.65. The number of methoxy groups -OCH3 is 1. The molecule has 0 fully saturated rings. The van der Waals surface area contributed by atoms with Gasteiger partial charge in [0.25, 0.3) is 0 Å². The third kappa shape index (κ3) is 4.26. The maximum absolute atomic E-state index is 11.6. The van der Waals surface area contributed by atoms with Gasteiger partial charge in [-0.25, -0.2) is 8.42 Å². The zero-order valence-electron chi connectivity index (χ0n) is 14.7. The number of benzene rings is 2. The molecule has 3 nitrogen and oxygen atoms in total. The molecular weight excluding hydrogens is 320 g/mol. The molecule has 0 amide bonds. The van der Waals surface area contributed by atoms with Crippen LogP contribution < -0.4 is 4.74 Å². The summed E-state index contributed by atoms with van der Waals surface area (Å²) < 4.78 is 28.5. The first-order chi connectivity index (χ1) is 11.4. The van der Waals surface area contributed by atoms with E-state index in [-0.39, 0.29) is 0 Å². The van der Waals surface area contributed by atoms with Gasteiger partial charge in [0.1, 0.15) is 5.75 Å². The molecule has 128 valence electrons. The molecule has 0 aromatic heterocycles. The Morgan fingerprint density at radius 3 is 1.96 bits per heavy atom. The maximum Gasteiger partial charge on any atom is 0.175 e. The lowest BCUT2D eigenvalue weighted by Crippen LogP contribution is -1.97. The molecule has 0 aliphatic rings. The first-order valence-corrected chi connectivity index (χ1v) is 9.90. The van der Waals surface area contributed by atoms with Crippen molar-refractivity contribution < 1.29 is 13.2 Å². The largest absolute Gasteiger partial charge is 0.497 e. The van der Waals surface area contributed by atoms with Crippen LogP contribution in [0.25, 0.3) is 11.1 Å². The highest BCUT2D eigenvalue weighted by Gasteiger charge is 2.11. The molecule has 0 unspecified atom stereocenters. The van der Waals surface area contributed by atoms with Crippen LogP contribution in [-0.4, -0.2) is 21.8 Å². The van der Waals surface area contributed by atoms with E-state index < -0.39 is 9.84 Å². The monoisotopic (exact) mass is 344 g/mol. The normalized spacial score (nSPS) is 12.7. The molecule has 0 atom stereocenters. The van der Waals surface area contributed by atoms with E-state index in [0.717, 1.165) is 29.7 Å². The number of hydrogen-bond donors (Lipinski definition) is 0. The number of ether oxygens (including phenoxy) is 1. The summed E-state index contributed by atoms with van der Waals surface area (Å²) in [7, 11) is -1.51. The van der Waals surface area contributed by atoms with Crippen LogP contribution in [0.15, 0.2) is 53.4 Å². The second kappa shape index (κ2) is 7.67. The van der Waals surface area contributed by atoms with Gasteiger partial charge in [0.2, 0.25) is 0 Å². The molecule has 2 aromatic carbocycles. The van der Waals surface area contributed by atoms with Gasteiger partial charge < -0.3 is 4.74 Å². The summed E-state index contributed by atoms with van der Waals surface area (Å²) in [4.78, 5) is 0.351. The van der Waals surface area contributed by atoms with Crippen LogP contribution in [-0.2, 0) is 9.84 Å². The van der Waals surface area contributed by atoms with Crippen molar-refractivity contribution in [3.8, 4) is 5.75 Å². The summed E-state index contributed by atoms with van der Waals surface area (Å²) in [5.74, 6) is 0.834. The highest BCUT2D eigenvalue weighted by Crippen LogP contribution is 2.31. The van der Waals surface area contributed by atoms with Crippen molar-refractivity contribution in [2.24, 2.45) is 0 Å². The molecule has 0 spiro atoms. The molecule has 0 heterocycles. The molecule has 2 rings (SSSR count). The molecule has 24 heavy (non-hydrogen) atoms. The molecule has 0 saturated carbocycles. The lowest BCUT2D eigenvalue weighted by Gasteiger charge is -2.14. The Balaban J connectivity index is 2.46. The van der Waals surface area contributed by atoms with E-state index >= 15 is 0 Å². The Labute approximate surface area is 144 Å². The Morgan fingerprint density at radius 1 is 0.958 bits per heavy atom. The quantitative estimate of drug-likeness (QED) is 0.705. The number of sulfone groups is 1. The highest BCUT2D eigenvalue weighted by molar-refractivity contribution is 7.90. The van der Waals surface area contributed by atoms with Crippen molar-refractivity contribution >= 4 is 21.0 Å². The zero-order valence-corrected chi connectivity index (χ0v) is 15.5. The van der Waals surface area contributed by atoms with E-state index in [2.05, 4.69) is 26.0 Å². The number of rotatable bonds is 6. The second-order valence-corrected chi connectivity index (χ2v) is 7.89. The van der Waals surface area contributed by atoms with Crippen LogP contribution in [0.3, 0.4) is 0 Å². The maximum atomic E-state index is 11.6. The Hall–Kier alpha value is -2.07. The van der Waals surface area contributed by atoms with Crippen molar-refractivity contribution in [1.29, 1.82) is 0 Å². The first kappa shape index (κ1) is 18.3. The summed E-state index contributed by atoms with van der Waals surface area (Å²) in [5, 5.41) is 0. The van der Waals surface area contributed by atoms with E-state index in [4.69, 9.17) is 4.74 Å². The van der Waals surface area contributed by atoms with Gasteiger partial charge in [-0.15, -0.1) is 0 Å². The fourth-order valence-corrected chi connectivity index (χ4v) is 3.35. The van der Waals surface area contributed by atoms with Crippen LogP contribution >= 0.6 is 0 Å². The van der Waals surface area contributed by atoms with Gasteiger partial charge in [-0.3, -0.25) is 0 Å². The van der Waals surface area contributed by atoms with Gasteiger partial charge in [-0.2, -0.15) is 0 Å². The molecule has 0 N–H and O–H groups in total. The standard InChI is InChI=1S/C20H24O3S/c1-5-6-20(15(2)16-7-11-18(23-3)12-8-16)17-9-13-19(14-10-17)24(4,21)22/h7-14H,5-6H2,1-4H3/b20-15-. The Bertz CT molecular complexity index is 814. The van der Waals surface area contributed by atoms with Gasteiger partial charge in [0, 0.05) is 6.26 Å². The highest BCUT2D eigenvalue weighted by atomic mass is 32.2. The zero-order chi connectivity index (χ0) is 17.7. The Kier molecular flexibility index (Phi) is 5.84. The molecule has 0 aliphatic heterocycles. The predicted molar refractivity (Wildman–Crippen MR) is 99.9 cm³/mol. The third-order valence-corrected chi connectivity index (χ3v) is 5.24. The molecule has 4 heteroatoms. The van der Waals surface area contributed by atoms with Gasteiger partial charge in [-0.05, 0) is 59.9 Å². The van der Waals surface area contributed by atoms with E-state index in [1.807, 2.05) is 24.3 Å². The van der Waals surface area contributed by atoms with E-state index in [1.54, 1.807) is 19.2 Å². The molecule has 0 saturated heterocycles. The summed E-state index contributed by atoms with van der Waals surface area (Å²) >= 11 is 0. The van der Waals surface area contributed by atoms with Crippen molar-refractivity contribution in [2.45, 2.75) is 31.6 Å². The van der Waals surface area contributed by atoms with Gasteiger partial charge in [-0.1, -0.05) is 37.6 Å². The number of allylic oxidation sites excluding steroid dienone is 2. The minimum Gasteiger partial charge on any atom is -0.497 e.